The normalized spacial score (nSPS) is 9.83. The highest BCUT2D eigenvalue weighted by atomic mass is 79.9. The topological polar surface area (TPSA) is 65.8 Å². The van der Waals surface area contributed by atoms with Crippen molar-refractivity contribution in [3.8, 4) is 6.07 Å². The van der Waals surface area contributed by atoms with Crippen LogP contribution in [0.2, 0.25) is 0 Å². The summed E-state index contributed by atoms with van der Waals surface area (Å²) >= 11 is 4.71. The standard InChI is InChI=1S/C12H8BrN3OS/c1-7-15-11(6-18-7)12(17)16-10-4-9(13)3-2-8(10)5-14/h2-4,6H,1H3,(H,16,17). The third-order valence-electron chi connectivity index (χ3n) is 2.20. The van der Waals surface area contributed by atoms with Gasteiger partial charge in [0.2, 0.25) is 0 Å². The predicted molar refractivity (Wildman–Crippen MR) is 73.7 cm³/mol. The molecule has 2 rings (SSSR count). The number of nitrogens with one attached hydrogen (secondary N) is 1. The van der Waals surface area contributed by atoms with Gasteiger partial charge in [0, 0.05) is 9.85 Å². The number of aromatic nitrogens is 1. The molecule has 0 aliphatic carbocycles. The van der Waals surface area contributed by atoms with Gasteiger partial charge in [-0.15, -0.1) is 11.3 Å². The van der Waals surface area contributed by atoms with Crippen molar-refractivity contribution in [2.24, 2.45) is 0 Å². The molecule has 0 saturated heterocycles. The Morgan fingerprint density at radius 2 is 2.33 bits per heavy atom. The summed E-state index contributed by atoms with van der Waals surface area (Å²) in [4.78, 5) is 16.0. The van der Waals surface area contributed by atoms with Gasteiger partial charge in [0.05, 0.1) is 16.3 Å². The Kier molecular flexibility index (Phi) is 3.75. The van der Waals surface area contributed by atoms with E-state index in [1.54, 1.807) is 23.6 Å². The lowest BCUT2D eigenvalue weighted by molar-refractivity contribution is 0.102. The molecule has 1 aromatic carbocycles. The molecule has 0 spiro atoms. The number of rotatable bonds is 2. The number of nitriles is 1. The molecule has 0 aliphatic heterocycles. The van der Waals surface area contributed by atoms with E-state index in [4.69, 9.17) is 5.26 Å². The zero-order valence-corrected chi connectivity index (χ0v) is 11.8. The van der Waals surface area contributed by atoms with Crippen LogP contribution in [0.1, 0.15) is 21.1 Å². The molecule has 4 nitrogen and oxygen atoms in total. The van der Waals surface area contributed by atoms with Crippen LogP contribution in [0.15, 0.2) is 28.1 Å². The van der Waals surface area contributed by atoms with E-state index >= 15 is 0 Å². The number of benzene rings is 1. The fraction of sp³-hybridized carbons (Fsp3) is 0.0833. The molecule has 2 aromatic rings. The number of carbonyl (C=O) groups is 1. The SMILES string of the molecule is Cc1nc(C(=O)Nc2cc(Br)ccc2C#N)cs1. The molecule has 90 valence electrons. The first-order valence-electron chi connectivity index (χ1n) is 5.03. The van der Waals surface area contributed by atoms with E-state index in [0.29, 0.717) is 16.9 Å². The van der Waals surface area contributed by atoms with E-state index in [-0.39, 0.29) is 5.91 Å². The number of carbonyl (C=O) groups excluding carboxylic acids is 1. The Morgan fingerprint density at radius 1 is 1.56 bits per heavy atom. The van der Waals surface area contributed by atoms with Crippen LogP contribution in [-0.4, -0.2) is 10.9 Å². The van der Waals surface area contributed by atoms with Crippen LogP contribution in [0.3, 0.4) is 0 Å². The summed E-state index contributed by atoms with van der Waals surface area (Å²) in [7, 11) is 0. The van der Waals surface area contributed by atoms with Gasteiger partial charge < -0.3 is 5.32 Å². The van der Waals surface area contributed by atoms with Crippen molar-refractivity contribution in [3.05, 3.63) is 44.3 Å². The molecule has 1 N–H and O–H groups in total. The van der Waals surface area contributed by atoms with Crippen molar-refractivity contribution in [3.63, 3.8) is 0 Å². The molecule has 0 fully saturated rings. The van der Waals surface area contributed by atoms with E-state index in [0.717, 1.165) is 9.48 Å². The first-order chi connectivity index (χ1) is 8.60. The molecule has 0 aliphatic rings. The van der Waals surface area contributed by atoms with Crippen molar-refractivity contribution in [1.29, 1.82) is 5.26 Å². The van der Waals surface area contributed by atoms with Crippen molar-refractivity contribution in [2.75, 3.05) is 5.32 Å². The second-order valence-corrected chi connectivity index (χ2v) is 5.49. The van der Waals surface area contributed by atoms with Crippen LogP contribution in [0.5, 0.6) is 0 Å². The lowest BCUT2D eigenvalue weighted by atomic mass is 10.2. The van der Waals surface area contributed by atoms with Gasteiger partial charge >= 0.3 is 0 Å². The molecular formula is C12H8BrN3OS. The van der Waals surface area contributed by atoms with Crippen LogP contribution in [-0.2, 0) is 0 Å². The highest BCUT2D eigenvalue weighted by Gasteiger charge is 2.12. The molecule has 1 heterocycles. The van der Waals surface area contributed by atoms with Gasteiger partial charge in [0.1, 0.15) is 11.8 Å². The van der Waals surface area contributed by atoms with Gasteiger partial charge in [-0.05, 0) is 25.1 Å². The van der Waals surface area contributed by atoms with E-state index in [1.165, 1.54) is 11.3 Å². The summed E-state index contributed by atoms with van der Waals surface area (Å²) in [5.74, 6) is -0.311. The summed E-state index contributed by atoms with van der Waals surface area (Å²) in [6, 6.07) is 7.12. The van der Waals surface area contributed by atoms with E-state index in [1.807, 2.05) is 13.0 Å². The maximum atomic E-state index is 11.9. The molecule has 0 atom stereocenters. The van der Waals surface area contributed by atoms with Gasteiger partial charge in [-0.2, -0.15) is 5.26 Å². The number of amides is 1. The average molecular weight is 322 g/mol. The number of anilines is 1. The number of thiazole rings is 1. The van der Waals surface area contributed by atoms with Crippen molar-refractivity contribution in [2.45, 2.75) is 6.92 Å². The second kappa shape index (κ2) is 5.29. The minimum atomic E-state index is -0.311. The molecule has 18 heavy (non-hydrogen) atoms. The largest absolute Gasteiger partial charge is 0.319 e. The number of hydrogen-bond donors (Lipinski definition) is 1. The van der Waals surface area contributed by atoms with Crippen LogP contribution < -0.4 is 5.32 Å². The van der Waals surface area contributed by atoms with E-state index < -0.39 is 0 Å². The Morgan fingerprint density at radius 3 is 2.94 bits per heavy atom. The molecule has 0 unspecified atom stereocenters. The zero-order valence-electron chi connectivity index (χ0n) is 9.40. The van der Waals surface area contributed by atoms with Gasteiger partial charge in [0.25, 0.3) is 5.91 Å². The Labute approximate surface area is 116 Å². The average Bonchev–Trinajstić information content (AvgIpc) is 2.76. The first-order valence-corrected chi connectivity index (χ1v) is 6.70. The van der Waals surface area contributed by atoms with Gasteiger partial charge in [-0.25, -0.2) is 4.98 Å². The molecule has 6 heteroatoms. The van der Waals surface area contributed by atoms with Crippen molar-refractivity contribution < 1.29 is 4.79 Å². The molecule has 0 radical (unpaired) electrons. The second-order valence-electron chi connectivity index (χ2n) is 3.51. The highest BCUT2D eigenvalue weighted by Crippen LogP contribution is 2.21. The van der Waals surface area contributed by atoms with Gasteiger partial charge in [-0.1, -0.05) is 15.9 Å². The molecular weight excluding hydrogens is 314 g/mol. The summed E-state index contributed by atoms with van der Waals surface area (Å²) in [5.41, 5.74) is 1.25. The van der Waals surface area contributed by atoms with Gasteiger partial charge in [-0.3, -0.25) is 4.79 Å². The monoisotopic (exact) mass is 321 g/mol. The number of nitrogens with zero attached hydrogens (tertiary/aromatic N) is 2. The minimum absolute atomic E-state index is 0.311. The third kappa shape index (κ3) is 2.75. The fourth-order valence-corrected chi connectivity index (χ4v) is 2.33. The molecule has 0 saturated carbocycles. The smallest absolute Gasteiger partial charge is 0.275 e. The maximum absolute atomic E-state index is 11.9. The third-order valence-corrected chi connectivity index (χ3v) is 3.47. The van der Waals surface area contributed by atoms with Crippen LogP contribution in [0.4, 0.5) is 5.69 Å². The molecule has 0 bridgehead atoms. The predicted octanol–water partition coefficient (Wildman–Crippen LogP) is 3.34. The quantitative estimate of drug-likeness (QED) is 0.922. The van der Waals surface area contributed by atoms with Crippen LogP contribution >= 0.6 is 27.3 Å². The maximum Gasteiger partial charge on any atom is 0.275 e. The summed E-state index contributed by atoms with van der Waals surface area (Å²) in [6.07, 6.45) is 0. The van der Waals surface area contributed by atoms with E-state index in [9.17, 15) is 4.79 Å². The highest BCUT2D eigenvalue weighted by molar-refractivity contribution is 9.10. The lowest BCUT2D eigenvalue weighted by Crippen LogP contribution is -2.13. The van der Waals surface area contributed by atoms with Crippen LogP contribution in [0, 0.1) is 18.3 Å². The van der Waals surface area contributed by atoms with Crippen molar-refractivity contribution >= 4 is 38.9 Å². The Balaban J connectivity index is 2.27. The minimum Gasteiger partial charge on any atom is -0.319 e. The van der Waals surface area contributed by atoms with Crippen molar-refractivity contribution in [1.82, 2.24) is 4.98 Å². The number of aryl methyl sites for hydroxylation is 1. The Bertz CT molecular complexity index is 645. The number of hydrogen-bond acceptors (Lipinski definition) is 4. The number of halogens is 1. The molecule has 1 aromatic heterocycles. The van der Waals surface area contributed by atoms with Crippen LogP contribution in [0.25, 0.3) is 0 Å². The summed E-state index contributed by atoms with van der Waals surface area (Å²) in [6.45, 7) is 1.83. The lowest BCUT2D eigenvalue weighted by Gasteiger charge is -2.05. The summed E-state index contributed by atoms with van der Waals surface area (Å²) < 4.78 is 0.797. The fourth-order valence-electron chi connectivity index (χ4n) is 1.37. The zero-order chi connectivity index (χ0) is 13.1. The Hall–Kier alpha value is -1.71. The summed E-state index contributed by atoms with van der Waals surface area (Å²) in [5, 5.41) is 14.2. The molecule has 1 amide bonds. The van der Waals surface area contributed by atoms with Gasteiger partial charge in [0.15, 0.2) is 0 Å². The first kappa shape index (κ1) is 12.7. The van der Waals surface area contributed by atoms with E-state index in [2.05, 4.69) is 26.2 Å².